The number of carbonyl (C=O) groups is 2. The smallest absolute Gasteiger partial charge is 0.411 e. The monoisotopic (exact) mass is 549 g/mol. The average Bonchev–Trinajstić information content (AvgIpc) is 3.27. The van der Waals surface area contributed by atoms with E-state index in [4.69, 9.17) is 4.74 Å². The predicted molar refractivity (Wildman–Crippen MR) is 132 cm³/mol. The zero-order valence-electron chi connectivity index (χ0n) is 17.1. The molecule has 0 aliphatic carbocycles. The van der Waals surface area contributed by atoms with Crippen LogP contribution in [-0.4, -0.2) is 48.0 Å². The van der Waals surface area contributed by atoms with Crippen LogP contribution in [-0.2, 0) is 4.74 Å². The molecule has 1 aliphatic rings. The number of nitrogens with zero attached hydrogens (tertiary/aromatic N) is 2. The number of benzene rings is 2. The molecule has 0 radical (unpaired) electrons. The number of thiazole rings is 1. The number of hydrogen-bond acceptors (Lipinski definition) is 6. The summed E-state index contributed by atoms with van der Waals surface area (Å²) in [6, 6.07) is 13.4. The van der Waals surface area contributed by atoms with Gasteiger partial charge in [0.05, 0.1) is 28.0 Å². The Balaban J connectivity index is 1.15. The lowest BCUT2D eigenvalue weighted by atomic mass is 9.89. The third-order valence-electron chi connectivity index (χ3n) is 5.53. The van der Waals surface area contributed by atoms with Crippen LogP contribution in [0.1, 0.15) is 29.6 Å². The number of carbonyl (C=O) groups excluding carboxylic acids is 2. The van der Waals surface area contributed by atoms with E-state index < -0.39 is 6.09 Å². The van der Waals surface area contributed by atoms with Gasteiger partial charge in [0.1, 0.15) is 0 Å². The predicted octanol–water partition coefficient (Wildman–Crippen LogP) is 5.43. The van der Waals surface area contributed by atoms with E-state index in [0.717, 1.165) is 63.9 Å². The summed E-state index contributed by atoms with van der Waals surface area (Å²) in [5.41, 5.74) is 4.17. The van der Waals surface area contributed by atoms with Gasteiger partial charge in [-0.2, -0.15) is 0 Å². The highest BCUT2D eigenvalue weighted by atomic mass is 127. The van der Waals surface area contributed by atoms with Crippen LogP contribution in [0, 0.1) is 9.49 Å². The fraction of sp³-hybridized carbons (Fsp3) is 0.348. The number of rotatable bonds is 7. The minimum absolute atomic E-state index is 0.104. The Bertz CT molecular complexity index is 1050. The first-order chi connectivity index (χ1) is 15.1. The van der Waals surface area contributed by atoms with E-state index in [1.54, 1.807) is 5.51 Å². The summed E-state index contributed by atoms with van der Waals surface area (Å²) in [7, 11) is 0. The van der Waals surface area contributed by atoms with Crippen LogP contribution >= 0.6 is 33.9 Å². The van der Waals surface area contributed by atoms with Crippen molar-refractivity contribution in [2.75, 3.05) is 31.6 Å². The number of halogens is 1. The minimum Gasteiger partial charge on any atom is -0.449 e. The fourth-order valence-corrected chi connectivity index (χ4v) is 4.97. The number of fused-ring (bicyclic) bond motifs is 1. The minimum atomic E-state index is -0.442. The van der Waals surface area contributed by atoms with Crippen molar-refractivity contribution in [3.05, 3.63) is 57.1 Å². The van der Waals surface area contributed by atoms with Gasteiger partial charge in [-0.05, 0) is 79.2 Å². The molecule has 0 bridgehead atoms. The number of amides is 1. The number of hydrogen-bond donors (Lipinski definition) is 1. The van der Waals surface area contributed by atoms with Gasteiger partial charge >= 0.3 is 6.09 Å². The lowest BCUT2D eigenvalue weighted by Crippen LogP contribution is -2.37. The van der Waals surface area contributed by atoms with Crippen molar-refractivity contribution in [2.45, 2.75) is 19.3 Å². The van der Waals surface area contributed by atoms with Gasteiger partial charge in [-0.15, -0.1) is 11.3 Å². The molecule has 1 amide bonds. The van der Waals surface area contributed by atoms with Crippen LogP contribution < -0.4 is 5.32 Å². The van der Waals surface area contributed by atoms with Crippen molar-refractivity contribution < 1.29 is 14.3 Å². The molecule has 1 saturated heterocycles. The van der Waals surface area contributed by atoms with E-state index in [1.165, 1.54) is 11.3 Å². The molecule has 0 spiro atoms. The Kier molecular flexibility index (Phi) is 7.52. The van der Waals surface area contributed by atoms with Gasteiger partial charge in [0, 0.05) is 21.6 Å². The second-order valence-corrected chi connectivity index (χ2v) is 9.71. The van der Waals surface area contributed by atoms with Crippen molar-refractivity contribution in [2.24, 2.45) is 5.92 Å². The molecule has 162 valence electrons. The quantitative estimate of drug-likeness (QED) is 0.242. The molecule has 0 unspecified atom stereocenters. The summed E-state index contributed by atoms with van der Waals surface area (Å²) < 4.78 is 7.43. The largest absolute Gasteiger partial charge is 0.449 e. The normalized spacial score (nSPS) is 15.1. The average molecular weight is 549 g/mol. The molecule has 1 aromatic heterocycles. The number of aromatic nitrogens is 1. The topological polar surface area (TPSA) is 71.5 Å². The summed E-state index contributed by atoms with van der Waals surface area (Å²) in [6.07, 6.45) is 2.09. The van der Waals surface area contributed by atoms with E-state index in [2.05, 4.69) is 37.8 Å². The number of piperidine rings is 1. The molecule has 3 aromatic rings. The SMILES string of the molecule is O=C(Nc1cccc2ncsc12)OCCCN1CCC(C(=O)c2ccc(I)cc2)CC1. The number of ketones is 1. The Hall–Kier alpha value is -2.04. The summed E-state index contributed by atoms with van der Waals surface area (Å²) in [5.74, 6) is 0.361. The molecule has 1 aliphatic heterocycles. The van der Waals surface area contributed by atoms with Crippen molar-refractivity contribution >= 4 is 61.7 Å². The zero-order chi connectivity index (χ0) is 21.6. The molecule has 2 aromatic carbocycles. The Morgan fingerprint density at radius 3 is 2.71 bits per heavy atom. The van der Waals surface area contributed by atoms with Crippen LogP contribution in [0.5, 0.6) is 0 Å². The highest BCUT2D eigenvalue weighted by Gasteiger charge is 2.25. The Morgan fingerprint density at radius 1 is 1.16 bits per heavy atom. The maximum absolute atomic E-state index is 12.7. The number of nitrogens with one attached hydrogen (secondary N) is 1. The molecule has 6 nitrogen and oxygen atoms in total. The first-order valence-electron chi connectivity index (χ1n) is 10.4. The molecule has 2 heterocycles. The number of likely N-dealkylation sites (tertiary alicyclic amines) is 1. The third-order valence-corrected chi connectivity index (χ3v) is 7.13. The number of ether oxygens (including phenoxy) is 1. The second-order valence-electron chi connectivity index (χ2n) is 7.61. The Morgan fingerprint density at radius 2 is 1.94 bits per heavy atom. The maximum Gasteiger partial charge on any atom is 0.411 e. The van der Waals surface area contributed by atoms with Crippen molar-refractivity contribution in [3.8, 4) is 0 Å². The van der Waals surface area contributed by atoms with Gasteiger partial charge in [0.2, 0.25) is 0 Å². The number of Topliss-reactive ketones (excluding diaryl/α,β-unsaturated/α-hetero) is 1. The second kappa shape index (κ2) is 10.5. The number of anilines is 1. The summed E-state index contributed by atoms with van der Waals surface area (Å²) in [6.45, 7) is 3.04. The van der Waals surface area contributed by atoms with Crippen LogP contribution in [0.3, 0.4) is 0 Å². The van der Waals surface area contributed by atoms with Gasteiger partial charge in [-0.25, -0.2) is 9.78 Å². The highest BCUT2D eigenvalue weighted by molar-refractivity contribution is 14.1. The fourth-order valence-electron chi connectivity index (χ4n) is 3.85. The van der Waals surface area contributed by atoms with E-state index in [9.17, 15) is 9.59 Å². The van der Waals surface area contributed by atoms with Crippen molar-refractivity contribution in [1.29, 1.82) is 0 Å². The summed E-state index contributed by atoms with van der Waals surface area (Å²) >= 11 is 3.74. The van der Waals surface area contributed by atoms with Gasteiger partial charge < -0.3 is 9.64 Å². The van der Waals surface area contributed by atoms with Crippen molar-refractivity contribution in [1.82, 2.24) is 9.88 Å². The van der Waals surface area contributed by atoms with E-state index in [1.807, 2.05) is 42.5 Å². The van der Waals surface area contributed by atoms with Gasteiger partial charge in [0.15, 0.2) is 5.78 Å². The first-order valence-corrected chi connectivity index (χ1v) is 12.3. The van der Waals surface area contributed by atoms with Crippen LogP contribution in [0.25, 0.3) is 10.2 Å². The molecule has 31 heavy (non-hydrogen) atoms. The van der Waals surface area contributed by atoms with Gasteiger partial charge in [-0.3, -0.25) is 10.1 Å². The van der Waals surface area contributed by atoms with Gasteiger partial charge in [0.25, 0.3) is 0 Å². The molecule has 4 rings (SSSR count). The van der Waals surface area contributed by atoms with Crippen molar-refractivity contribution in [3.63, 3.8) is 0 Å². The summed E-state index contributed by atoms with van der Waals surface area (Å²) in [5, 5.41) is 2.80. The standard InChI is InChI=1S/C23H24IN3O3S/c24-18-7-5-16(6-8-18)21(28)17-9-12-27(13-10-17)11-2-14-30-23(29)26-20-4-1-3-19-22(20)31-15-25-19/h1,3-8,15,17H,2,9-14H2,(H,26,29). The van der Waals surface area contributed by atoms with Gasteiger partial charge in [-0.1, -0.05) is 18.2 Å². The molecule has 1 fully saturated rings. The Labute approximate surface area is 199 Å². The van der Waals surface area contributed by atoms with E-state index >= 15 is 0 Å². The molecular formula is C23H24IN3O3S. The molecule has 8 heteroatoms. The van der Waals surface area contributed by atoms with Crippen LogP contribution in [0.15, 0.2) is 48.0 Å². The molecular weight excluding hydrogens is 525 g/mol. The summed E-state index contributed by atoms with van der Waals surface area (Å²) in [4.78, 5) is 31.4. The zero-order valence-corrected chi connectivity index (χ0v) is 20.0. The lowest BCUT2D eigenvalue weighted by molar-refractivity contribution is 0.0830. The molecule has 0 saturated carbocycles. The molecule has 0 atom stereocenters. The maximum atomic E-state index is 12.7. The lowest BCUT2D eigenvalue weighted by Gasteiger charge is -2.31. The van der Waals surface area contributed by atoms with Crippen LogP contribution in [0.4, 0.5) is 10.5 Å². The van der Waals surface area contributed by atoms with Crippen LogP contribution in [0.2, 0.25) is 0 Å². The first kappa shape index (κ1) is 22.2. The van der Waals surface area contributed by atoms with E-state index in [0.29, 0.717) is 6.61 Å². The third kappa shape index (κ3) is 5.81. The van der Waals surface area contributed by atoms with E-state index in [-0.39, 0.29) is 11.7 Å². The highest BCUT2D eigenvalue weighted by Crippen LogP contribution is 2.26. The molecule has 1 N–H and O–H groups in total.